The SMILES string of the molecule is COc1cc2c(cc1F)NCC(C)(c1ccccc1)N2. The van der Waals surface area contributed by atoms with Gasteiger partial charge in [-0.05, 0) is 12.5 Å². The first kappa shape index (κ1) is 12.8. The van der Waals surface area contributed by atoms with Crippen LogP contribution in [0.15, 0.2) is 42.5 Å². The molecule has 0 fully saturated rings. The molecule has 0 saturated carbocycles. The number of benzene rings is 2. The van der Waals surface area contributed by atoms with Crippen molar-refractivity contribution in [2.24, 2.45) is 0 Å². The Kier molecular flexibility index (Phi) is 3.01. The average molecular weight is 272 g/mol. The van der Waals surface area contributed by atoms with Gasteiger partial charge in [-0.25, -0.2) is 4.39 Å². The monoisotopic (exact) mass is 272 g/mol. The number of anilines is 2. The molecule has 1 atom stereocenters. The van der Waals surface area contributed by atoms with Crippen LogP contribution in [0.2, 0.25) is 0 Å². The molecule has 1 unspecified atom stereocenters. The Morgan fingerprint density at radius 1 is 1.15 bits per heavy atom. The molecular weight excluding hydrogens is 255 g/mol. The van der Waals surface area contributed by atoms with Crippen LogP contribution < -0.4 is 15.4 Å². The second-order valence-electron chi connectivity index (χ2n) is 5.21. The zero-order valence-corrected chi connectivity index (χ0v) is 11.5. The number of methoxy groups -OCH3 is 1. The van der Waals surface area contributed by atoms with Crippen molar-refractivity contribution in [2.45, 2.75) is 12.5 Å². The Bertz CT molecular complexity index is 630. The van der Waals surface area contributed by atoms with Crippen molar-refractivity contribution in [3.63, 3.8) is 0 Å². The van der Waals surface area contributed by atoms with E-state index in [9.17, 15) is 4.39 Å². The van der Waals surface area contributed by atoms with Crippen molar-refractivity contribution in [3.05, 3.63) is 53.8 Å². The van der Waals surface area contributed by atoms with Gasteiger partial charge >= 0.3 is 0 Å². The lowest BCUT2D eigenvalue weighted by Gasteiger charge is -2.38. The summed E-state index contributed by atoms with van der Waals surface area (Å²) in [4.78, 5) is 0. The van der Waals surface area contributed by atoms with E-state index in [1.54, 1.807) is 6.07 Å². The molecule has 0 saturated heterocycles. The molecule has 1 aliphatic rings. The summed E-state index contributed by atoms with van der Waals surface area (Å²) in [7, 11) is 1.47. The van der Waals surface area contributed by atoms with Crippen molar-refractivity contribution in [1.82, 2.24) is 0 Å². The minimum absolute atomic E-state index is 0.239. The normalized spacial score (nSPS) is 20.6. The lowest BCUT2D eigenvalue weighted by Crippen LogP contribution is -2.42. The van der Waals surface area contributed by atoms with Gasteiger partial charge in [0.1, 0.15) is 0 Å². The van der Waals surface area contributed by atoms with Crippen LogP contribution in [0.5, 0.6) is 5.75 Å². The van der Waals surface area contributed by atoms with Crippen molar-refractivity contribution in [3.8, 4) is 5.75 Å². The van der Waals surface area contributed by atoms with Crippen LogP contribution in [0, 0.1) is 5.82 Å². The first-order valence-electron chi connectivity index (χ1n) is 6.57. The fourth-order valence-electron chi connectivity index (χ4n) is 2.55. The Balaban J connectivity index is 1.99. The van der Waals surface area contributed by atoms with Crippen LogP contribution in [0.4, 0.5) is 15.8 Å². The molecule has 20 heavy (non-hydrogen) atoms. The molecular formula is C16H17FN2O. The maximum atomic E-state index is 13.7. The maximum Gasteiger partial charge on any atom is 0.167 e. The number of rotatable bonds is 2. The second kappa shape index (κ2) is 4.71. The molecule has 4 heteroatoms. The third-order valence-corrected chi connectivity index (χ3v) is 3.75. The summed E-state index contributed by atoms with van der Waals surface area (Å²) in [6.45, 7) is 2.81. The molecule has 0 spiro atoms. The fourth-order valence-corrected chi connectivity index (χ4v) is 2.55. The first-order valence-corrected chi connectivity index (χ1v) is 6.57. The summed E-state index contributed by atoms with van der Waals surface area (Å²) in [6, 6.07) is 13.4. The molecule has 0 bridgehead atoms. The average Bonchev–Trinajstić information content (AvgIpc) is 2.48. The number of hydrogen-bond donors (Lipinski definition) is 2. The van der Waals surface area contributed by atoms with Gasteiger partial charge < -0.3 is 15.4 Å². The smallest absolute Gasteiger partial charge is 0.167 e. The number of halogens is 1. The summed E-state index contributed by atoms with van der Waals surface area (Å²) < 4.78 is 18.7. The highest BCUT2D eigenvalue weighted by Crippen LogP contribution is 2.38. The second-order valence-corrected chi connectivity index (χ2v) is 5.21. The summed E-state index contributed by atoms with van der Waals surface area (Å²) in [5.41, 5.74) is 2.55. The summed E-state index contributed by atoms with van der Waals surface area (Å²) in [5.74, 6) is -0.112. The highest BCUT2D eigenvalue weighted by Gasteiger charge is 2.31. The van der Waals surface area contributed by atoms with E-state index in [1.165, 1.54) is 18.7 Å². The van der Waals surface area contributed by atoms with Gasteiger partial charge in [-0.2, -0.15) is 0 Å². The van der Waals surface area contributed by atoms with Crippen LogP contribution in [-0.4, -0.2) is 13.7 Å². The van der Waals surface area contributed by atoms with Gasteiger partial charge in [0.15, 0.2) is 11.6 Å². The van der Waals surface area contributed by atoms with Gasteiger partial charge in [0, 0.05) is 18.7 Å². The van der Waals surface area contributed by atoms with Crippen LogP contribution in [0.1, 0.15) is 12.5 Å². The van der Waals surface area contributed by atoms with Crippen LogP contribution in [0.25, 0.3) is 0 Å². The van der Waals surface area contributed by atoms with E-state index in [0.717, 1.165) is 11.4 Å². The van der Waals surface area contributed by atoms with Crippen molar-refractivity contribution >= 4 is 11.4 Å². The number of ether oxygens (including phenoxy) is 1. The highest BCUT2D eigenvalue weighted by molar-refractivity contribution is 5.74. The van der Waals surface area contributed by atoms with E-state index in [4.69, 9.17) is 4.74 Å². The van der Waals surface area contributed by atoms with Crippen molar-refractivity contribution < 1.29 is 9.13 Å². The summed E-state index contributed by atoms with van der Waals surface area (Å²) in [6.07, 6.45) is 0. The van der Waals surface area contributed by atoms with Gasteiger partial charge in [0.25, 0.3) is 0 Å². The standard InChI is InChI=1S/C16H17FN2O/c1-16(11-6-4-3-5-7-11)10-18-13-8-12(17)15(20-2)9-14(13)19-16/h3-9,18-19H,10H2,1-2H3. The van der Waals surface area contributed by atoms with Gasteiger partial charge in [0.05, 0.1) is 24.0 Å². The molecule has 0 aromatic heterocycles. The van der Waals surface area contributed by atoms with E-state index in [-0.39, 0.29) is 17.1 Å². The quantitative estimate of drug-likeness (QED) is 0.876. The minimum atomic E-state index is -0.358. The molecule has 2 aromatic rings. The number of nitrogens with one attached hydrogen (secondary N) is 2. The van der Waals surface area contributed by atoms with E-state index >= 15 is 0 Å². The number of fused-ring (bicyclic) bond motifs is 1. The largest absolute Gasteiger partial charge is 0.494 e. The molecule has 3 nitrogen and oxygen atoms in total. The van der Waals surface area contributed by atoms with E-state index in [2.05, 4.69) is 29.7 Å². The van der Waals surface area contributed by atoms with Crippen LogP contribution in [0.3, 0.4) is 0 Å². The summed E-state index contributed by atoms with van der Waals surface area (Å²) >= 11 is 0. The molecule has 2 N–H and O–H groups in total. The Morgan fingerprint density at radius 3 is 2.60 bits per heavy atom. The van der Waals surface area contributed by atoms with Crippen LogP contribution >= 0.6 is 0 Å². The lowest BCUT2D eigenvalue weighted by atomic mass is 9.89. The lowest BCUT2D eigenvalue weighted by molar-refractivity contribution is 0.386. The minimum Gasteiger partial charge on any atom is -0.494 e. The summed E-state index contributed by atoms with van der Waals surface area (Å²) in [5, 5.41) is 6.77. The fraction of sp³-hybridized carbons (Fsp3) is 0.250. The van der Waals surface area contributed by atoms with Gasteiger partial charge in [-0.1, -0.05) is 30.3 Å². The van der Waals surface area contributed by atoms with Crippen molar-refractivity contribution in [2.75, 3.05) is 24.3 Å². The molecule has 0 aliphatic carbocycles. The molecule has 3 rings (SSSR count). The van der Waals surface area contributed by atoms with Crippen LogP contribution in [-0.2, 0) is 5.54 Å². The third kappa shape index (κ3) is 2.07. The zero-order chi connectivity index (χ0) is 14.2. The molecule has 1 aliphatic heterocycles. The molecule has 104 valence electrons. The first-order chi connectivity index (χ1) is 9.62. The molecule has 1 heterocycles. The Labute approximate surface area is 117 Å². The Morgan fingerprint density at radius 2 is 1.90 bits per heavy atom. The third-order valence-electron chi connectivity index (χ3n) is 3.75. The van der Waals surface area contributed by atoms with Gasteiger partial charge in [0.2, 0.25) is 0 Å². The molecule has 0 radical (unpaired) electrons. The zero-order valence-electron chi connectivity index (χ0n) is 11.5. The van der Waals surface area contributed by atoms with E-state index < -0.39 is 0 Å². The predicted molar refractivity (Wildman–Crippen MR) is 78.9 cm³/mol. The van der Waals surface area contributed by atoms with Crippen molar-refractivity contribution in [1.29, 1.82) is 0 Å². The predicted octanol–water partition coefficient (Wildman–Crippen LogP) is 3.59. The molecule has 2 aromatic carbocycles. The maximum absolute atomic E-state index is 13.7. The van der Waals surface area contributed by atoms with E-state index in [0.29, 0.717) is 6.54 Å². The van der Waals surface area contributed by atoms with Gasteiger partial charge in [-0.15, -0.1) is 0 Å². The highest BCUT2D eigenvalue weighted by atomic mass is 19.1. The number of hydrogen-bond acceptors (Lipinski definition) is 3. The van der Waals surface area contributed by atoms with Gasteiger partial charge in [-0.3, -0.25) is 0 Å². The Hall–Kier alpha value is -2.23. The topological polar surface area (TPSA) is 33.3 Å². The van der Waals surface area contributed by atoms with E-state index in [1.807, 2.05) is 18.2 Å². The molecule has 0 amide bonds.